The number of carbonyl (C=O) groups is 1. The maximum Gasteiger partial charge on any atom is 0.348 e. The first kappa shape index (κ1) is 20.4. The van der Waals surface area contributed by atoms with E-state index in [1.807, 2.05) is 17.9 Å². The molecule has 0 saturated heterocycles. The van der Waals surface area contributed by atoms with Gasteiger partial charge in [0.05, 0.1) is 32.8 Å². The molecule has 1 aliphatic rings. The number of nitrogens with zero attached hydrogens (tertiary/aromatic N) is 3. The van der Waals surface area contributed by atoms with E-state index in [0.717, 1.165) is 22.1 Å². The van der Waals surface area contributed by atoms with Gasteiger partial charge in [0.25, 0.3) is 0 Å². The highest BCUT2D eigenvalue weighted by Crippen LogP contribution is 2.42. The molecule has 9 heteroatoms. The minimum absolute atomic E-state index is 0.307. The lowest BCUT2D eigenvalue weighted by Crippen LogP contribution is -2.35. The van der Waals surface area contributed by atoms with E-state index in [1.165, 1.54) is 17.7 Å². The first-order chi connectivity index (χ1) is 14.5. The van der Waals surface area contributed by atoms with Crippen molar-refractivity contribution in [1.29, 1.82) is 0 Å². The zero-order chi connectivity index (χ0) is 21.4. The number of aliphatic hydroxyl groups is 1. The van der Waals surface area contributed by atoms with Crippen LogP contribution < -0.4 is 14.4 Å². The van der Waals surface area contributed by atoms with Gasteiger partial charge in [-0.25, -0.2) is 14.8 Å². The third-order valence-corrected chi connectivity index (χ3v) is 6.44. The average molecular weight is 429 g/mol. The fourth-order valence-corrected chi connectivity index (χ4v) is 4.96. The van der Waals surface area contributed by atoms with Crippen molar-refractivity contribution in [1.82, 2.24) is 9.97 Å². The minimum atomic E-state index is -0.785. The molecule has 8 nitrogen and oxygen atoms in total. The van der Waals surface area contributed by atoms with E-state index in [2.05, 4.69) is 9.97 Å². The van der Waals surface area contributed by atoms with Gasteiger partial charge in [0.2, 0.25) is 0 Å². The Bertz CT molecular complexity index is 1110. The van der Waals surface area contributed by atoms with Crippen LogP contribution in [0.3, 0.4) is 0 Å². The van der Waals surface area contributed by atoms with Crippen molar-refractivity contribution < 1.29 is 24.1 Å². The second-order valence-corrected chi connectivity index (χ2v) is 7.91. The van der Waals surface area contributed by atoms with Crippen LogP contribution in [0.15, 0.2) is 18.5 Å². The monoisotopic (exact) mass is 429 g/mol. The second kappa shape index (κ2) is 8.08. The van der Waals surface area contributed by atoms with Gasteiger partial charge in [-0.3, -0.25) is 0 Å². The van der Waals surface area contributed by atoms with Gasteiger partial charge < -0.3 is 24.2 Å². The number of thiophene rings is 1. The van der Waals surface area contributed by atoms with Gasteiger partial charge in [0, 0.05) is 17.7 Å². The van der Waals surface area contributed by atoms with Gasteiger partial charge in [0.1, 0.15) is 39.5 Å². The van der Waals surface area contributed by atoms with Crippen LogP contribution in [-0.4, -0.2) is 48.4 Å². The number of hydrogen-bond donors (Lipinski definition) is 1. The number of methoxy groups -OCH3 is 2. The summed E-state index contributed by atoms with van der Waals surface area (Å²) in [6.07, 6.45) is 0.694. The van der Waals surface area contributed by atoms with Crippen LogP contribution in [0.1, 0.15) is 39.4 Å². The number of anilines is 1. The number of carbonyl (C=O) groups excluding carboxylic acids is 1. The zero-order valence-corrected chi connectivity index (χ0v) is 18.1. The summed E-state index contributed by atoms with van der Waals surface area (Å²) in [5.74, 6) is 1.61. The number of esters is 1. The fraction of sp³-hybridized carbons (Fsp3) is 0.381. The lowest BCUT2D eigenvalue weighted by atomic mass is 9.95. The fourth-order valence-electron chi connectivity index (χ4n) is 3.92. The van der Waals surface area contributed by atoms with Gasteiger partial charge in [0.15, 0.2) is 0 Å². The van der Waals surface area contributed by atoms with Gasteiger partial charge in [-0.15, -0.1) is 11.3 Å². The molecular weight excluding hydrogens is 406 g/mol. The SMILES string of the molecule is CCOC(=O)c1sc2ncnc(N3Cc4c(OC)ccc(OC)c4C(O)C3)c2c1C. The Morgan fingerprint density at radius 1 is 1.27 bits per heavy atom. The molecule has 0 bridgehead atoms. The third-order valence-electron chi connectivity index (χ3n) is 5.26. The van der Waals surface area contributed by atoms with Crippen LogP contribution in [0.25, 0.3) is 10.2 Å². The molecule has 0 spiro atoms. The topological polar surface area (TPSA) is 94.0 Å². The highest BCUT2D eigenvalue weighted by Gasteiger charge is 2.32. The second-order valence-electron chi connectivity index (χ2n) is 6.91. The standard InChI is InChI=1S/C21H23N3O5S/c1-5-29-21(26)18-11(2)16-19(22-10-23-20(16)30-18)24-8-12-14(27-3)6-7-15(28-4)17(12)13(25)9-24/h6-7,10,13,25H,5,8-9H2,1-4H3. The van der Waals surface area contributed by atoms with Crippen LogP contribution in [0.2, 0.25) is 0 Å². The molecule has 2 aromatic heterocycles. The molecule has 1 aliphatic heterocycles. The number of benzene rings is 1. The number of aliphatic hydroxyl groups excluding tert-OH is 1. The number of aromatic nitrogens is 2. The number of aryl methyl sites for hydroxylation is 1. The molecule has 1 N–H and O–H groups in total. The summed E-state index contributed by atoms with van der Waals surface area (Å²) in [6, 6.07) is 3.63. The van der Waals surface area contributed by atoms with Crippen LogP contribution in [0.4, 0.5) is 5.82 Å². The van der Waals surface area contributed by atoms with Gasteiger partial charge in [-0.05, 0) is 31.5 Å². The number of ether oxygens (including phenoxy) is 3. The molecule has 1 aromatic carbocycles. The van der Waals surface area contributed by atoms with Crippen molar-refractivity contribution in [2.45, 2.75) is 26.5 Å². The Morgan fingerprint density at radius 3 is 2.70 bits per heavy atom. The van der Waals surface area contributed by atoms with Crippen LogP contribution in [-0.2, 0) is 11.3 Å². The number of β-amino-alcohol motifs (C(OH)–C–C–N with tert-alkyl or cyclic N) is 1. The molecule has 4 rings (SSSR count). The molecule has 3 heterocycles. The van der Waals surface area contributed by atoms with E-state index in [4.69, 9.17) is 14.2 Å². The summed E-state index contributed by atoms with van der Waals surface area (Å²) >= 11 is 1.29. The molecule has 158 valence electrons. The Labute approximate surface area is 178 Å². The molecule has 0 aliphatic carbocycles. The molecule has 0 amide bonds. The average Bonchev–Trinajstić information content (AvgIpc) is 3.09. The third kappa shape index (κ3) is 3.23. The first-order valence-corrected chi connectivity index (χ1v) is 10.4. The van der Waals surface area contributed by atoms with Crippen molar-refractivity contribution in [3.8, 4) is 11.5 Å². The summed E-state index contributed by atoms with van der Waals surface area (Å²) in [7, 11) is 3.19. The van der Waals surface area contributed by atoms with Crippen LogP contribution in [0, 0.1) is 6.92 Å². The predicted molar refractivity (Wildman–Crippen MR) is 114 cm³/mol. The molecule has 30 heavy (non-hydrogen) atoms. The zero-order valence-electron chi connectivity index (χ0n) is 17.3. The number of fused-ring (bicyclic) bond motifs is 2. The van der Waals surface area contributed by atoms with Crippen molar-refractivity contribution >= 4 is 33.3 Å². The first-order valence-electron chi connectivity index (χ1n) is 9.58. The number of hydrogen-bond acceptors (Lipinski definition) is 9. The van der Waals surface area contributed by atoms with E-state index in [9.17, 15) is 9.90 Å². The van der Waals surface area contributed by atoms with Crippen molar-refractivity contribution in [3.05, 3.63) is 40.0 Å². The Hall–Kier alpha value is -2.91. The van der Waals surface area contributed by atoms with E-state index >= 15 is 0 Å². The summed E-state index contributed by atoms with van der Waals surface area (Å²) in [6.45, 7) is 4.76. The van der Waals surface area contributed by atoms with E-state index < -0.39 is 6.10 Å². The van der Waals surface area contributed by atoms with Gasteiger partial charge in [-0.1, -0.05) is 0 Å². The lowest BCUT2D eigenvalue weighted by molar-refractivity contribution is 0.0531. The quantitative estimate of drug-likeness (QED) is 0.618. The molecule has 1 atom stereocenters. The van der Waals surface area contributed by atoms with Gasteiger partial charge >= 0.3 is 5.97 Å². The lowest BCUT2D eigenvalue weighted by Gasteiger charge is -2.35. The summed E-state index contributed by atoms with van der Waals surface area (Å²) in [5.41, 5.74) is 2.36. The molecule has 0 radical (unpaired) electrons. The maximum atomic E-state index is 12.3. The minimum Gasteiger partial charge on any atom is -0.496 e. The van der Waals surface area contributed by atoms with Crippen molar-refractivity contribution in [2.24, 2.45) is 0 Å². The summed E-state index contributed by atoms with van der Waals surface area (Å²) in [4.78, 5) is 24.4. The molecule has 1 unspecified atom stereocenters. The van der Waals surface area contributed by atoms with Crippen LogP contribution in [0.5, 0.6) is 11.5 Å². The van der Waals surface area contributed by atoms with Gasteiger partial charge in [-0.2, -0.15) is 0 Å². The smallest absolute Gasteiger partial charge is 0.348 e. The number of rotatable bonds is 5. The normalized spacial score (nSPS) is 15.8. The molecule has 0 fully saturated rings. The molecule has 3 aromatic rings. The molecular formula is C21H23N3O5S. The Morgan fingerprint density at radius 2 is 2.00 bits per heavy atom. The summed E-state index contributed by atoms with van der Waals surface area (Å²) < 4.78 is 16.2. The maximum absolute atomic E-state index is 12.3. The van der Waals surface area contributed by atoms with Crippen molar-refractivity contribution in [2.75, 3.05) is 32.3 Å². The van der Waals surface area contributed by atoms with E-state index in [0.29, 0.717) is 46.7 Å². The predicted octanol–water partition coefficient (Wildman–Crippen LogP) is 3.25. The Kier molecular flexibility index (Phi) is 5.48. The molecule has 0 saturated carbocycles. The summed E-state index contributed by atoms with van der Waals surface area (Å²) in [5, 5.41) is 11.7. The van der Waals surface area contributed by atoms with E-state index in [-0.39, 0.29) is 5.97 Å². The van der Waals surface area contributed by atoms with Crippen LogP contribution >= 0.6 is 11.3 Å². The Balaban J connectivity index is 1.82. The van der Waals surface area contributed by atoms with Crippen molar-refractivity contribution in [3.63, 3.8) is 0 Å². The largest absolute Gasteiger partial charge is 0.496 e. The highest BCUT2D eigenvalue weighted by molar-refractivity contribution is 7.20. The van der Waals surface area contributed by atoms with E-state index in [1.54, 1.807) is 27.2 Å². The highest BCUT2D eigenvalue weighted by atomic mass is 32.1.